The van der Waals surface area contributed by atoms with Gasteiger partial charge in [0.1, 0.15) is 12.2 Å². The monoisotopic (exact) mass is 524 g/mol. The zero-order valence-corrected chi connectivity index (χ0v) is 21.8. The van der Waals surface area contributed by atoms with E-state index in [1.165, 1.54) is 4.90 Å². The lowest BCUT2D eigenvalue weighted by atomic mass is 10.2. The Kier molecular flexibility index (Phi) is 18.2. The Morgan fingerprint density at radius 2 is 1.49 bits per heavy atom. The highest BCUT2D eigenvalue weighted by atomic mass is 32.2. The molecule has 0 aliphatic rings. The second-order valence-corrected chi connectivity index (χ2v) is 9.86. The fraction of sp³-hybridized carbons (Fsp3) is 0.818. The third-order valence-electron chi connectivity index (χ3n) is 4.01. The molecule has 0 unspecified atom stereocenters. The second kappa shape index (κ2) is 19.3. The Balaban J connectivity index is 4.08. The van der Waals surface area contributed by atoms with Gasteiger partial charge in [-0.25, -0.2) is 4.79 Å². The molecule has 12 nitrogen and oxygen atoms in total. The molecule has 13 heteroatoms. The third-order valence-corrected chi connectivity index (χ3v) is 4.71. The van der Waals surface area contributed by atoms with E-state index in [1.54, 1.807) is 20.8 Å². The summed E-state index contributed by atoms with van der Waals surface area (Å²) in [6, 6.07) is 0. The van der Waals surface area contributed by atoms with Crippen molar-refractivity contribution in [2.45, 2.75) is 39.2 Å². The van der Waals surface area contributed by atoms with E-state index in [4.69, 9.17) is 34.7 Å². The fourth-order valence-electron chi connectivity index (χ4n) is 2.47. The highest BCUT2D eigenvalue weighted by Crippen LogP contribution is 2.06. The topological polar surface area (TPSA) is 150 Å². The molecular formula is C22H40N2O10S. The van der Waals surface area contributed by atoms with Gasteiger partial charge in [-0.05, 0) is 27.2 Å². The Bertz CT molecular complexity index is 731. The summed E-state index contributed by atoms with van der Waals surface area (Å²) in [7, 11) is -4.22. The molecule has 0 radical (unpaired) electrons. The summed E-state index contributed by atoms with van der Waals surface area (Å²) in [6.45, 7) is 8.12. The van der Waals surface area contributed by atoms with Crippen LogP contribution in [0.5, 0.6) is 0 Å². The van der Waals surface area contributed by atoms with Crippen LogP contribution in [-0.4, -0.2) is 114 Å². The maximum atomic E-state index is 12.5. The van der Waals surface area contributed by atoms with Crippen molar-refractivity contribution >= 4 is 22.1 Å². The van der Waals surface area contributed by atoms with Gasteiger partial charge < -0.3 is 33.9 Å². The summed E-state index contributed by atoms with van der Waals surface area (Å²) in [5, 5.41) is 2.57. The SMILES string of the molecule is C#CCOCCOCCOCCOCCC(=O)N(CCCNC(=O)OC(C)(C)C)CCS(=O)(=O)O. The van der Waals surface area contributed by atoms with E-state index < -0.39 is 27.6 Å². The predicted octanol–water partition coefficient (Wildman–Crippen LogP) is 0.707. The zero-order valence-electron chi connectivity index (χ0n) is 21.0. The number of amides is 2. The number of alkyl carbamates (subject to hydrolysis) is 1. The number of carbonyl (C=O) groups excluding carboxylic acids is 2. The van der Waals surface area contributed by atoms with Crippen molar-refractivity contribution in [3.63, 3.8) is 0 Å². The smallest absolute Gasteiger partial charge is 0.407 e. The normalized spacial score (nSPS) is 11.6. The molecule has 0 saturated heterocycles. The van der Waals surface area contributed by atoms with E-state index in [-0.39, 0.29) is 51.8 Å². The highest BCUT2D eigenvalue weighted by Gasteiger charge is 2.18. The molecule has 204 valence electrons. The van der Waals surface area contributed by atoms with Crippen molar-refractivity contribution in [2.24, 2.45) is 0 Å². The van der Waals surface area contributed by atoms with Gasteiger partial charge in [0.2, 0.25) is 5.91 Å². The molecule has 35 heavy (non-hydrogen) atoms. The Morgan fingerprint density at radius 3 is 2.00 bits per heavy atom. The van der Waals surface area contributed by atoms with Gasteiger partial charge in [-0.2, -0.15) is 8.42 Å². The first-order valence-corrected chi connectivity index (χ1v) is 13.0. The first-order chi connectivity index (χ1) is 16.4. The van der Waals surface area contributed by atoms with Crippen LogP contribution < -0.4 is 5.32 Å². The summed E-state index contributed by atoms with van der Waals surface area (Å²) in [6.07, 6.45) is 4.88. The van der Waals surface area contributed by atoms with Crippen molar-refractivity contribution in [1.82, 2.24) is 10.2 Å². The Morgan fingerprint density at radius 1 is 0.943 bits per heavy atom. The number of rotatable bonds is 20. The third kappa shape index (κ3) is 23.6. The summed E-state index contributed by atoms with van der Waals surface area (Å²) in [5.41, 5.74) is -0.627. The first kappa shape index (κ1) is 33.0. The molecule has 0 aromatic heterocycles. The van der Waals surface area contributed by atoms with Crippen molar-refractivity contribution in [3.8, 4) is 12.3 Å². The summed E-state index contributed by atoms with van der Waals surface area (Å²) >= 11 is 0. The van der Waals surface area contributed by atoms with Crippen molar-refractivity contribution in [3.05, 3.63) is 0 Å². The van der Waals surface area contributed by atoms with E-state index in [1.807, 2.05) is 0 Å². The molecule has 0 aliphatic carbocycles. The lowest BCUT2D eigenvalue weighted by Crippen LogP contribution is -2.38. The molecular weight excluding hydrogens is 484 g/mol. The average molecular weight is 525 g/mol. The maximum absolute atomic E-state index is 12.5. The number of hydrogen-bond acceptors (Lipinski definition) is 9. The molecule has 0 bridgehead atoms. The number of nitrogens with zero attached hydrogens (tertiary/aromatic N) is 1. The van der Waals surface area contributed by atoms with Crippen molar-refractivity contribution < 1.29 is 46.2 Å². The maximum Gasteiger partial charge on any atom is 0.407 e. The van der Waals surface area contributed by atoms with Gasteiger partial charge in [0, 0.05) is 19.6 Å². The van der Waals surface area contributed by atoms with Gasteiger partial charge in [0.15, 0.2) is 0 Å². The molecule has 0 aromatic rings. The number of carbonyl (C=O) groups is 2. The summed E-state index contributed by atoms with van der Waals surface area (Å²) < 4.78 is 57.4. The van der Waals surface area contributed by atoms with Crippen LogP contribution in [0.15, 0.2) is 0 Å². The second-order valence-electron chi connectivity index (χ2n) is 8.29. The molecule has 0 aliphatic heterocycles. The van der Waals surface area contributed by atoms with Crippen LogP contribution in [0.1, 0.15) is 33.6 Å². The van der Waals surface area contributed by atoms with E-state index in [2.05, 4.69) is 11.2 Å². The minimum atomic E-state index is -4.22. The lowest BCUT2D eigenvalue weighted by Gasteiger charge is -2.23. The molecule has 0 aromatic carbocycles. The van der Waals surface area contributed by atoms with Crippen LogP contribution in [0.2, 0.25) is 0 Å². The van der Waals surface area contributed by atoms with Crippen molar-refractivity contribution in [1.29, 1.82) is 0 Å². The van der Waals surface area contributed by atoms with Crippen LogP contribution >= 0.6 is 0 Å². The number of ether oxygens (including phenoxy) is 5. The van der Waals surface area contributed by atoms with Crippen LogP contribution in [0.25, 0.3) is 0 Å². The minimum Gasteiger partial charge on any atom is -0.444 e. The quantitative estimate of drug-likeness (QED) is 0.132. The number of nitrogens with one attached hydrogen (secondary N) is 1. The van der Waals surface area contributed by atoms with Gasteiger partial charge in [-0.15, -0.1) is 6.42 Å². The fourth-order valence-corrected chi connectivity index (χ4v) is 2.92. The highest BCUT2D eigenvalue weighted by molar-refractivity contribution is 7.85. The summed E-state index contributed by atoms with van der Waals surface area (Å²) in [4.78, 5) is 25.5. The summed E-state index contributed by atoms with van der Waals surface area (Å²) in [5.74, 6) is 1.45. The predicted molar refractivity (Wildman–Crippen MR) is 129 cm³/mol. The van der Waals surface area contributed by atoms with Gasteiger partial charge in [0.05, 0.1) is 58.4 Å². The molecule has 0 saturated carbocycles. The Labute approximate surface area is 208 Å². The zero-order chi connectivity index (χ0) is 26.6. The van der Waals surface area contributed by atoms with Crippen molar-refractivity contribution in [2.75, 3.05) is 78.2 Å². The molecule has 0 rings (SSSR count). The van der Waals surface area contributed by atoms with Gasteiger partial charge in [0.25, 0.3) is 10.1 Å². The molecule has 0 spiro atoms. The van der Waals surface area contributed by atoms with E-state index in [9.17, 15) is 18.0 Å². The largest absolute Gasteiger partial charge is 0.444 e. The van der Waals surface area contributed by atoms with E-state index in [0.29, 0.717) is 39.5 Å². The molecule has 0 heterocycles. The van der Waals surface area contributed by atoms with Gasteiger partial charge in [-0.3, -0.25) is 9.35 Å². The molecule has 2 amide bonds. The van der Waals surface area contributed by atoms with Crippen LogP contribution in [0, 0.1) is 12.3 Å². The van der Waals surface area contributed by atoms with E-state index in [0.717, 1.165) is 0 Å². The molecule has 0 fully saturated rings. The minimum absolute atomic E-state index is 0.0335. The van der Waals surface area contributed by atoms with Crippen LogP contribution in [-0.2, 0) is 38.6 Å². The standard InChI is InChI=1S/C22H40N2O10S/c1-5-11-30-13-15-32-17-18-33-16-14-31-12-7-20(25)24(10-19-35(27,28)29)9-6-8-23-21(26)34-22(2,3)4/h1H,6-19H2,2-4H3,(H,23,26)(H,27,28,29). The first-order valence-electron chi connectivity index (χ1n) is 11.4. The van der Waals surface area contributed by atoms with Crippen LogP contribution in [0.3, 0.4) is 0 Å². The Hall–Kier alpha value is -1.95. The molecule has 0 atom stereocenters. The average Bonchev–Trinajstić information content (AvgIpc) is 2.74. The van der Waals surface area contributed by atoms with Gasteiger partial charge in [-0.1, -0.05) is 5.92 Å². The molecule has 2 N–H and O–H groups in total. The number of terminal acetylenes is 1. The number of hydrogen-bond donors (Lipinski definition) is 2. The van der Waals surface area contributed by atoms with E-state index >= 15 is 0 Å². The van der Waals surface area contributed by atoms with Crippen LogP contribution in [0.4, 0.5) is 4.79 Å². The lowest BCUT2D eigenvalue weighted by molar-refractivity contribution is -0.132. The van der Waals surface area contributed by atoms with Gasteiger partial charge >= 0.3 is 6.09 Å².